The van der Waals surface area contributed by atoms with Gasteiger partial charge in [-0.3, -0.25) is 9.63 Å². The maximum Gasteiger partial charge on any atom is 0.270 e. The number of aliphatic hydroxyl groups excluding tert-OH is 1. The van der Waals surface area contributed by atoms with E-state index >= 15 is 0 Å². The minimum absolute atomic E-state index is 0.153. The predicted octanol–water partition coefficient (Wildman–Crippen LogP) is -0.310. The second-order valence-electron chi connectivity index (χ2n) is 4.39. The molecule has 0 aromatic carbocycles. The van der Waals surface area contributed by atoms with Gasteiger partial charge in [0.05, 0.1) is 6.54 Å². The van der Waals surface area contributed by atoms with Crippen molar-refractivity contribution in [3.8, 4) is 0 Å². The summed E-state index contributed by atoms with van der Waals surface area (Å²) in [7, 11) is 3.70. The predicted molar refractivity (Wildman–Crippen MR) is 69.1 cm³/mol. The van der Waals surface area contributed by atoms with Gasteiger partial charge in [0.1, 0.15) is 12.7 Å². The Kier molecular flexibility index (Phi) is 4.08. The normalized spacial score (nSPS) is 19.1. The highest BCUT2D eigenvalue weighted by atomic mass is 16.7. The number of hydrogen-bond donors (Lipinski definition) is 1. The lowest BCUT2D eigenvalue weighted by molar-refractivity contribution is -0.162. The van der Waals surface area contributed by atoms with Gasteiger partial charge in [0.15, 0.2) is 0 Å². The molecule has 0 aliphatic carbocycles. The number of carbonyl (C=O) groups is 1. The number of hydrogen-bond acceptors (Lipinski definition) is 6. The molecule has 2 heterocycles. The molecule has 7 heteroatoms. The van der Waals surface area contributed by atoms with Gasteiger partial charge in [0, 0.05) is 38.1 Å². The Morgan fingerprint density at radius 2 is 2.21 bits per heavy atom. The van der Waals surface area contributed by atoms with Crippen LogP contribution in [0.3, 0.4) is 0 Å². The summed E-state index contributed by atoms with van der Waals surface area (Å²) in [6.45, 7) is 0.347. The van der Waals surface area contributed by atoms with Crippen molar-refractivity contribution in [1.29, 1.82) is 0 Å². The van der Waals surface area contributed by atoms with E-state index in [1.807, 2.05) is 14.1 Å². The van der Waals surface area contributed by atoms with E-state index in [9.17, 15) is 9.90 Å². The van der Waals surface area contributed by atoms with Crippen molar-refractivity contribution < 1.29 is 14.7 Å². The van der Waals surface area contributed by atoms with Crippen molar-refractivity contribution in [2.24, 2.45) is 0 Å². The van der Waals surface area contributed by atoms with Crippen LogP contribution in [0.15, 0.2) is 18.5 Å². The Balaban J connectivity index is 1.96. The summed E-state index contributed by atoms with van der Waals surface area (Å²) in [4.78, 5) is 26.8. The molecular weight excluding hydrogens is 248 g/mol. The molecular formula is C12H16N4O3. The topological polar surface area (TPSA) is 78.8 Å². The first kappa shape index (κ1) is 13.4. The molecule has 0 spiro atoms. The molecule has 1 aromatic heterocycles. The van der Waals surface area contributed by atoms with E-state index in [4.69, 9.17) is 4.84 Å². The van der Waals surface area contributed by atoms with Crippen LogP contribution < -0.4 is 4.90 Å². The van der Waals surface area contributed by atoms with Crippen LogP contribution in [-0.4, -0.2) is 59.4 Å². The summed E-state index contributed by atoms with van der Waals surface area (Å²) in [5, 5.41) is 10.4. The SMILES string of the molecule is CN(C)c1ncc(/C=C/C(=O)N2CC(O)CO2)cn1. The molecule has 0 bridgehead atoms. The second-order valence-corrected chi connectivity index (χ2v) is 4.39. The first-order valence-electron chi connectivity index (χ1n) is 5.86. The van der Waals surface area contributed by atoms with Crippen molar-refractivity contribution in [3.05, 3.63) is 24.0 Å². The maximum absolute atomic E-state index is 11.7. The Morgan fingerprint density at radius 3 is 2.74 bits per heavy atom. The highest BCUT2D eigenvalue weighted by molar-refractivity contribution is 5.91. The average molecular weight is 264 g/mol. The van der Waals surface area contributed by atoms with E-state index in [1.54, 1.807) is 23.4 Å². The zero-order valence-corrected chi connectivity index (χ0v) is 10.9. The van der Waals surface area contributed by atoms with Crippen molar-refractivity contribution >= 4 is 17.9 Å². The Labute approximate surface area is 111 Å². The Morgan fingerprint density at radius 1 is 1.53 bits per heavy atom. The lowest BCUT2D eigenvalue weighted by Gasteiger charge is -2.10. The second kappa shape index (κ2) is 5.77. The van der Waals surface area contributed by atoms with E-state index in [0.717, 1.165) is 10.6 Å². The highest BCUT2D eigenvalue weighted by Crippen LogP contribution is 2.08. The monoisotopic (exact) mass is 264 g/mol. The van der Waals surface area contributed by atoms with Crippen LogP contribution in [0, 0.1) is 0 Å². The van der Waals surface area contributed by atoms with Crippen LogP contribution in [0.2, 0.25) is 0 Å². The maximum atomic E-state index is 11.7. The molecule has 2 rings (SSSR count). The lowest BCUT2D eigenvalue weighted by Crippen LogP contribution is -2.26. The first-order chi connectivity index (χ1) is 9.06. The number of aromatic nitrogens is 2. The third-order valence-electron chi connectivity index (χ3n) is 2.52. The quantitative estimate of drug-likeness (QED) is 0.755. The van der Waals surface area contributed by atoms with Crippen molar-refractivity contribution in [2.75, 3.05) is 32.1 Å². The van der Waals surface area contributed by atoms with E-state index in [-0.39, 0.29) is 19.1 Å². The number of carbonyl (C=O) groups excluding carboxylic acids is 1. The Hall–Kier alpha value is -1.99. The molecule has 0 radical (unpaired) electrons. The zero-order valence-electron chi connectivity index (χ0n) is 10.9. The first-order valence-corrected chi connectivity index (χ1v) is 5.86. The number of anilines is 1. The summed E-state index contributed by atoms with van der Waals surface area (Å²) >= 11 is 0. The molecule has 7 nitrogen and oxygen atoms in total. The third-order valence-corrected chi connectivity index (χ3v) is 2.52. The number of aliphatic hydroxyl groups is 1. The molecule has 1 aromatic rings. The van der Waals surface area contributed by atoms with Crippen LogP contribution in [0.5, 0.6) is 0 Å². The van der Waals surface area contributed by atoms with Gasteiger partial charge in [-0.2, -0.15) is 0 Å². The van der Waals surface area contributed by atoms with Crippen molar-refractivity contribution in [3.63, 3.8) is 0 Å². The largest absolute Gasteiger partial charge is 0.389 e. The van der Waals surface area contributed by atoms with E-state index in [2.05, 4.69) is 9.97 Å². The fourth-order valence-electron chi connectivity index (χ4n) is 1.53. The summed E-state index contributed by atoms with van der Waals surface area (Å²) in [6, 6.07) is 0. The van der Waals surface area contributed by atoms with Crippen LogP contribution in [-0.2, 0) is 9.63 Å². The van der Waals surface area contributed by atoms with Gasteiger partial charge < -0.3 is 10.0 Å². The number of hydroxylamine groups is 2. The third kappa shape index (κ3) is 3.49. The molecule has 19 heavy (non-hydrogen) atoms. The molecule has 1 saturated heterocycles. The number of rotatable bonds is 3. The molecule has 1 amide bonds. The van der Waals surface area contributed by atoms with Crippen LogP contribution in [0.25, 0.3) is 6.08 Å². The fraction of sp³-hybridized carbons (Fsp3) is 0.417. The Bertz CT molecular complexity index is 472. The average Bonchev–Trinajstić information content (AvgIpc) is 2.83. The van der Waals surface area contributed by atoms with Gasteiger partial charge in [-0.25, -0.2) is 15.0 Å². The number of nitrogens with zero attached hydrogens (tertiary/aromatic N) is 4. The molecule has 1 aliphatic rings. The van der Waals surface area contributed by atoms with E-state index in [0.29, 0.717) is 5.95 Å². The van der Waals surface area contributed by atoms with Gasteiger partial charge in [-0.15, -0.1) is 0 Å². The molecule has 1 atom stereocenters. The van der Waals surface area contributed by atoms with Gasteiger partial charge in [0.25, 0.3) is 5.91 Å². The summed E-state index contributed by atoms with van der Waals surface area (Å²) in [6.07, 6.45) is 5.62. The van der Waals surface area contributed by atoms with Crippen molar-refractivity contribution in [1.82, 2.24) is 15.0 Å². The van der Waals surface area contributed by atoms with Gasteiger partial charge >= 0.3 is 0 Å². The minimum atomic E-state index is -0.611. The number of amides is 1. The fourth-order valence-corrected chi connectivity index (χ4v) is 1.53. The van der Waals surface area contributed by atoms with E-state index in [1.165, 1.54) is 6.08 Å². The smallest absolute Gasteiger partial charge is 0.270 e. The highest BCUT2D eigenvalue weighted by Gasteiger charge is 2.24. The van der Waals surface area contributed by atoms with Gasteiger partial charge in [-0.05, 0) is 6.08 Å². The summed E-state index contributed by atoms with van der Waals surface area (Å²) in [5.41, 5.74) is 0.721. The molecule has 102 valence electrons. The van der Waals surface area contributed by atoms with Crippen LogP contribution in [0.1, 0.15) is 5.56 Å². The zero-order chi connectivity index (χ0) is 13.8. The minimum Gasteiger partial charge on any atom is -0.389 e. The molecule has 0 saturated carbocycles. The van der Waals surface area contributed by atoms with Crippen molar-refractivity contribution in [2.45, 2.75) is 6.10 Å². The standard InChI is InChI=1S/C12H16N4O3/c1-15(2)12-13-5-9(6-14-12)3-4-11(18)16-7-10(17)8-19-16/h3-6,10,17H,7-8H2,1-2H3/b4-3+. The summed E-state index contributed by atoms with van der Waals surface area (Å²) in [5.74, 6) is 0.294. The van der Waals surface area contributed by atoms with Crippen LogP contribution in [0.4, 0.5) is 5.95 Å². The molecule has 1 unspecified atom stereocenters. The molecule has 1 aliphatic heterocycles. The molecule has 1 N–H and O–H groups in total. The summed E-state index contributed by atoms with van der Waals surface area (Å²) < 4.78 is 0. The number of β-amino-alcohol motifs (C(OH)–C–C–N with tert-alkyl or cyclic N) is 1. The van der Waals surface area contributed by atoms with Crippen LogP contribution >= 0.6 is 0 Å². The van der Waals surface area contributed by atoms with E-state index < -0.39 is 6.10 Å². The van der Waals surface area contributed by atoms with Gasteiger partial charge in [-0.1, -0.05) is 0 Å². The lowest BCUT2D eigenvalue weighted by atomic mass is 10.3. The molecule has 1 fully saturated rings. The van der Waals surface area contributed by atoms with Gasteiger partial charge in [0.2, 0.25) is 5.95 Å².